The molecule has 1 aliphatic carbocycles. The Labute approximate surface area is 162 Å². The SMILES string of the molecule is COc1ccc2c(c1)C(CCNC(C)=O)CC(c1cccc(C(F)(F)F)c1)C2. The first-order valence-corrected chi connectivity index (χ1v) is 9.36. The molecule has 28 heavy (non-hydrogen) atoms. The van der Waals surface area contributed by atoms with E-state index < -0.39 is 11.7 Å². The number of hydrogen-bond acceptors (Lipinski definition) is 2. The summed E-state index contributed by atoms with van der Waals surface area (Å²) in [5.74, 6) is 0.827. The van der Waals surface area contributed by atoms with Crippen LogP contribution in [0, 0.1) is 0 Å². The Morgan fingerprint density at radius 3 is 2.68 bits per heavy atom. The summed E-state index contributed by atoms with van der Waals surface area (Å²) in [5.41, 5.74) is 2.39. The Bertz CT molecular complexity index is 848. The summed E-state index contributed by atoms with van der Waals surface area (Å²) in [6.45, 7) is 2.01. The zero-order valence-corrected chi connectivity index (χ0v) is 16.0. The van der Waals surface area contributed by atoms with Gasteiger partial charge in [0.2, 0.25) is 5.91 Å². The third kappa shape index (κ3) is 4.66. The van der Waals surface area contributed by atoms with Gasteiger partial charge >= 0.3 is 6.18 Å². The average Bonchev–Trinajstić information content (AvgIpc) is 2.66. The van der Waals surface area contributed by atoms with Gasteiger partial charge < -0.3 is 10.1 Å². The molecule has 0 fully saturated rings. The maximum Gasteiger partial charge on any atom is 0.416 e. The van der Waals surface area contributed by atoms with Gasteiger partial charge in [-0.3, -0.25) is 4.79 Å². The number of methoxy groups -OCH3 is 1. The van der Waals surface area contributed by atoms with E-state index in [0.29, 0.717) is 18.5 Å². The lowest BCUT2D eigenvalue weighted by Crippen LogP contribution is -2.25. The van der Waals surface area contributed by atoms with E-state index >= 15 is 0 Å². The Kier molecular flexibility index (Phi) is 5.96. The highest BCUT2D eigenvalue weighted by molar-refractivity contribution is 5.72. The molecule has 2 aromatic rings. The predicted molar refractivity (Wildman–Crippen MR) is 102 cm³/mol. The van der Waals surface area contributed by atoms with E-state index in [1.165, 1.54) is 19.1 Å². The van der Waals surface area contributed by atoms with Crippen molar-refractivity contribution in [2.24, 2.45) is 0 Å². The molecule has 2 aromatic carbocycles. The van der Waals surface area contributed by atoms with Gasteiger partial charge in [0.1, 0.15) is 5.75 Å². The van der Waals surface area contributed by atoms with E-state index in [9.17, 15) is 18.0 Å². The zero-order valence-electron chi connectivity index (χ0n) is 16.0. The Hall–Kier alpha value is -2.50. The second-order valence-electron chi connectivity index (χ2n) is 7.29. The zero-order chi connectivity index (χ0) is 20.3. The molecular weight excluding hydrogens is 367 g/mol. The first-order valence-electron chi connectivity index (χ1n) is 9.36. The van der Waals surface area contributed by atoms with Crippen LogP contribution in [0.15, 0.2) is 42.5 Å². The van der Waals surface area contributed by atoms with Crippen LogP contribution in [0.5, 0.6) is 5.75 Å². The van der Waals surface area contributed by atoms with Gasteiger partial charge in [-0.2, -0.15) is 13.2 Å². The molecule has 6 heteroatoms. The third-order valence-electron chi connectivity index (χ3n) is 5.38. The Morgan fingerprint density at radius 2 is 2.00 bits per heavy atom. The maximum absolute atomic E-state index is 13.1. The number of rotatable bonds is 5. The van der Waals surface area contributed by atoms with Crippen molar-refractivity contribution in [3.05, 3.63) is 64.7 Å². The molecule has 1 N–H and O–H groups in total. The molecule has 150 valence electrons. The largest absolute Gasteiger partial charge is 0.497 e. The Balaban J connectivity index is 1.90. The molecule has 0 aromatic heterocycles. The number of fused-ring (bicyclic) bond motifs is 1. The normalized spacial score (nSPS) is 19.0. The summed E-state index contributed by atoms with van der Waals surface area (Å²) >= 11 is 0. The van der Waals surface area contributed by atoms with Crippen LogP contribution < -0.4 is 10.1 Å². The van der Waals surface area contributed by atoms with Gasteiger partial charge in [0, 0.05) is 13.5 Å². The average molecular weight is 391 g/mol. The van der Waals surface area contributed by atoms with E-state index in [1.807, 2.05) is 18.2 Å². The molecule has 3 nitrogen and oxygen atoms in total. The van der Waals surface area contributed by atoms with Crippen LogP contribution in [0.3, 0.4) is 0 Å². The molecule has 2 atom stereocenters. The van der Waals surface area contributed by atoms with Crippen LogP contribution in [-0.2, 0) is 17.4 Å². The van der Waals surface area contributed by atoms with Gasteiger partial charge in [-0.05, 0) is 66.0 Å². The number of ether oxygens (including phenoxy) is 1. The fraction of sp³-hybridized carbons (Fsp3) is 0.409. The first-order chi connectivity index (χ1) is 13.3. The number of nitrogens with one attached hydrogen (secondary N) is 1. The lowest BCUT2D eigenvalue weighted by molar-refractivity contribution is -0.137. The molecule has 0 saturated carbocycles. The van der Waals surface area contributed by atoms with Crippen LogP contribution >= 0.6 is 0 Å². The molecule has 3 rings (SSSR count). The van der Waals surface area contributed by atoms with Crippen molar-refractivity contribution >= 4 is 5.91 Å². The quantitative estimate of drug-likeness (QED) is 0.774. The highest BCUT2D eigenvalue weighted by Gasteiger charge is 2.33. The molecule has 0 bridgehead atoms. The maximum atomic E-state index is 13.1. The van der Waals surface area contributed by atoms with Gasteiger partial charge in [-0.1, -0.05) is 24.3 Å². The summed E-state index contributed by atoms with van der Waals surface area (Å²) < 4.78 is 44.7. The number of carbonyl (C=O) groups is 1. The van der Waals surface area contributed by atoms with Gasteiger partial charge in [0.05, 0.1) is 12.7 Å². The molecule has 0 saturated heterocycles. The second-order valence-corrected chi connectivity index (χ2v) is 7.29. The molecule has 1 aliphatic rings. The van der Waals surface area contributed by atoms with Crippen molar-refractivity contribution in [2.75, 3.05) is 13.7 Å². The van der Waals surface area contributed by atoms with E-state index in [4.69, 9.17) is 4.74 Å². The molecule has 0 heterocycles. The smallest absolute Gasteiger partial charge is 0.416 e. The van der Waals surface area contributed by atoms with Crippen molar-refractivity contribution in [3.63, 3.8) is 0 Å². The number of amides is 1. The standard InChI is InChI=1S/C22H24F3NO2/c1-14(27)26-9-8-17-11-18(10-16-6-7-20(28-2)13-21(16)17)15-4-3-5-19(12-15)22(23,24)25/h3-7,12-13,17-18H,8-11H2,1-2H3,(H,26,27). The van der Waals surface area contributed by atoms with Crippen LogP contribution in [0.1, 0.15) is 53.9 Å². The molecule has 0 spiro atoms. The summed E-state index contributed by atoms with van der Waals surface area (Å²) in [5, 5.41) is 2.82. The second kappa shape index (κ2) is 8.25. The monoisotopic (exact) mass is 391 g/mol. The van der Waals surface area contributed by atoms with Gasteiger partial charge in [-0.25, -0.2) is 0 Å². The van der Waals surface area contributed by atoms with E-state index in [1.54, 1.807) is 13.2 Å². The fourth-order valence-electron chi connectivity index (χ4n) is 4.00. The third-order valence-corrected chi connectivity index (χ3v) is 5.38. The number of alkyl halides is 3. The molecule has 0 aliphatic heterocycles. The number of carbonyl (C=O) groups excluding carboxylic acids is 1. The van der Waals surface area contributed by atoms with Crippen LogP contribution in [0.4, 0.5) is 13.2 Å². The van der Waals surface area contributed by atoms with Crippen molar-refractivity contribution in [3.8, 4) is 5.75 Å². The van der Waals surface area contributed by atoms with E-state index in [0.717, 1.165) is 35.8 Å². The molecule has 1 amide bonds. The fourth-order valence-corrected chi connectivity index (χ4v) is 4.00. The van der Waals surface area contributed by atoms with Crippen LogP contribution in [-0.4, -0.2) is 19.6 Å². The molecule has 2 unspecified atom stereocenters. The van der Waals surface area contributed by atoms with Gasteiger partial charge in [0.15, 0.2) is 0 Å². The summed E-state index contributed by atoms with van der Waals surface area (Å²) in [6.07, 6.45) is -2.19. The Morgan fingerprint density at radius 1 is 1.21 bits per heavy atom. The number of hydrogen-bond donors (Lipinski definition) is 1. The summed E-state index contributed by atoms with van der Waals surface area (Å²) in [6, 6.07) is 11.5. The minimum absolute atomic E-state index is 0.00511. The van der Waals surface area contributed by atoms with E-state index in [-0.39, 0.29) is 17.7 Å². The van der Waals surface area contributed by atoms with Crippen molar-refractivity contribution in [1.82, 2.24) is 5.32 Å². The number of halogens is 3. The van der Waals surface area contributed by atoms with Gasteiger partial charge in [0.25, 0.3) is 0 Å². The predicted octanol–water partition coefficient (Wildman–Crippen LogP) is 5.05. The topological polar surface area (TPSA) is 38.3 Å². The molecule has 0 radical (unpaired) electrons. The lowest BCUT2D eigenvalue weighted by Gasteiger charge is -2.32. The minimum Gasteiger partial charge on any atom is -0.497 e. The lowest BCUT2D eigenvalue weighted by atomic mass is 9.73. The highest BCUT2D eigenvalue weighted by atomic mass is 19.4. The number of benzene rings is 2. The van der Waals surface area contributed by atoms with E-state index in [2.05, 4.69) is 5.32 Å². The van der Waals surface area contributed by atoms with Crippen molar-refractivity contribution in [1.29, 1.82) is 0 Å². The van der Waals surface area contributed by atoms with Crippen molar-refractivity contribution in [2.45, 2.75) is 44.2 Å². The van der Waals surface area contributed by atoms with Crippen LogP contribution in [0.2, 0.25) is 0 Å². The molecular formula is C22H24F3NO2. The summed E-state index contributed by atoms with van der Waals surface area (Å²) in [7, 11) is 1.61. The minimum atomic E-state index is -4.35. The summed E-state index contributed by atoms with van der Waals surface area (Å²) in [4.78, 5) is 11.2. The van der Waals surface area contributed by atoms with Crippen LogP contribution in [0.25, 0.3) is 0 Å². The first kappa shape index (κ1) is 20.2. The highest BCUT2D eigenvalue weighted by Crippen LogP contribution is 2.43. The van der Waals surface area contributed by atoms with Gasteiger partial charge in [-0.15, -0.1) is 0 Å². The van der Waals surface area contributed by atoms with Crippen molar-refractivity contribution < 1.29 is 22.7 Å².